The van der Waals surface area contributed by atoms with Crippen LogP contribution in [0.4, 0.5) is 0 Å². The Bertz CT molecular complexity index is 510. The van der Waals surface area contributed by atoms with Crippen molar-refractivity contribution in [3.8, 4) is 0 Å². The minimum Gasteiger partial charge on any atom is -0.343 e. The lowest BCUT2D eigenvalue weighted by Crippen LogP contribution is -2.45. The van der Waals surface area contributed by atoms with E-state index in [0.717, 1.165) is 25.0 Å². The molecule has 1 saturated heterocycles. The molecule has 1 fully saturated rings. The van der Waals surface area contributed by atoms with E-state index in [9.17, 15) is 9.59 Å². The summed E-state index contributed by atoms with van der Waals surface area (Å²) in [6.07, 6.45) is 4.06. The zero-order chi connectivity index (χ0) is 16.1. The van der Waals surface area contributed by atoms with Crippen molar-refractivity contribution in [3.63, 3.8) is 0 Å². The van der Waals surface area contributed by atoms with Gasteiger partial charge in [-0.15, -0.1) is 0 Å². The molecule has 1 aromatic heterocycles. The summed E-state index contributed by atoms with van der Waals surface area (Å²) in [5, 5.41) is 0. The smallest absolute Gasteiger partial charge is 0.225 e. The van der Waals surface area contributed by atoms with E-state index >= 15 is 0 Å². The highest BCUT2D eigenvalue weighted by Gasteiger charge is 2.29. The molecule has 5 nitrogen and oxygen atoms in total. The molecular formula is C17H25N3O2. The maximum atomic E-state index is 12.6. The van der Waals surface area contributed by atoms with E-state index in [1.54, 1.807) is 13.1 Å². The van der Waals surface area contributed by atoms with Crippen molar-refractivity contribution in [1.82, 2.24) is 14.8 Å². The number of piperidine rings is 1. The molecule has 0 radical (unpaired) electrons. The van der Waals surface area contributed by atoms with E-state index in [1.165, 1.54) is 0 Å². The third-order valence-electron chi connectivity index (χ3n) is 4.53. The maximum Gasteiger partial charge on any atom is 0.225 e. The van der Waals surface area contributed by atoms with E-state index in [0.29, 0.717) is 13.1 Å². The topological polar surface area (TPSA) is 53.5 Å². The highest BCUT2D eigenvalue weighted by molar-refractivity contribution is 5.79. The van der Waals surface area contributed by atoms with Crippen molar-refractivity contribution in [1.29, 1.82) is 0 Å². The molecule has 5 heteroatoms. The van der Waals surface area contributed by atoms with Gasteiger partial charge in [-0.2, -0.15) is 0 Å². The van der Waals surface area contributed by atoms with Gasteiger partial charge < -0.3 is 9.80 Å². The molecular weight excluding hydrogens is 278 g/mol. The van der Waals surface area contributed by atoms with Gasteiger partial charge in [0.25, 0.3) is 0 Å². The Morgan fingerprint density at radius 3 is 2.59 bits per heavy atom. The summed E-state index contributed by atoms with van der Waals surface area (Å²) in [5.41, 5.74) is 1.00. The minimum absolute atomic E-state index is 0.0341. The van der Waals surface area contributed by atoms with E-state index in [-0.39, 0.29) is 23.8 Å². The summed E-state index contributed by atoms with van der Waals surface area (Å²) in [7, 11) is 1.87. The highest BCUT2D eigenvalue weighted by Crippen LogP contribution is 2.20. The number of aromatic nitrogens is 1. The quantitative estimate of drug-likeness (QED) is 0.851. The van der Waals surface area contributed by atoms with E-state index in [2.05, 4.69) is 11.9 Å². The Kier molecular flexibility index (Phi) is 5.52. The molecule has 1 aromatic rings. The van der Waals surface area contributed by atoms with Gasteiger partial charge in [0.05, 0.1) is 0 Å². The molecule has 0 bridgehead atoms. The Labute approximate surface area is 132 Å². The zero-order valence-corrected chi connectivity index (χ0v) is 13.7. The van der Waals surface area contributed by atoms with E-state index in [4.69, 9.17) is 0 Å². The molecule has 0 N–H and O–H groups in total. The second-order valence-corrected chi connectivity index (χ2v) is 6.10. The Hall–Kier alpha value is -1.91. The number of likely N-dealkylation sites (tertiary alicyclic amines) is 1. The molecule has 0 saturated carbocycles. The van der Waals surface area contributed by atoms with Gasteiger partial charge in [0.1, 0.15) is 0 Å². The lowest BCUT2D eigenvalue weighted by molar-refractivity contribution is -0.140. The molecule has 0 spiro atoms. The Morgan fingerprint density at radius 1 is 1.36 bits per heavy atom. The average molecular weight is 303 g/mol. The van der Waals surface area contributed by atoms with Crippen molar-refractivity contribution in [2.45, 2.75) is 39.2 Å². The second-order valence-electron chi connectivity index (χ2n) is 6.10. The van der Waals surface area contributed by atoms with Gasteiger partial charge in [-0.05, 0) is 31.9 Å². The van der Waals surface area contributed by atoms with E-state index in [1.807, 2.05) is 35.0 Å². The summed E-state index contributed by atoms with van der Waals surface area (Å²) in [5.74, 6) is 0.321. The fourth-order valence-electron chi connectivity index (χ4n) is 2.90. The number of pyridine rings is 1. The van der Waals surface area contributed by atoms with Crippen molar-refractivity contribution in [2.24, 2.45) is 5.92 Å². The normalized spacial score (nSPS) is 17.1. The van der Waals surface area contributed by atoms with Gasteiger partial charge in [-0.3, -0.25) is 14.6 Å². The second kappa shape index (κ2) is 7.38. The van der Waals surface area contributed by atoms with Crippen LogP contribution in [-0.4, -0.2) is 52.8 Å². The van der Waals surface area contributed by atoms with Gasteiger partial charge in [-0.1, -0.05) is 6.07 Å². The molecule has 120 valence electrons. The van der Waals surface area contributed by atoms with Crippen molar-refractivity contribution in [2.75, 3.05) is 20.1 Å². The third-order valence-corrected chi connectivity index (χ3v) is 4.53. The number of rotatable bonds is 4. The number of nitrogens with zero attached hydrogens (tertiary/aromatic N) is 3. The van der Waals surface area contributed by atoms with Crippen LogP contribution in [0, 0.1) is 5.92 Å². The van der Waals surface area contributed by atoms with Crippen molar-refractivity contribution < 1.29 is 9.59 Å². The van der Waals surface area contributed by atoms with Gasteiger partial charge in [0, 0.05) is 57.3 Å². The highest BCUT2D eigenvalue weighted by atomic mass is 16.2. The number of carbonyl (C=O) groups is 2. The first kappa shape index (κ1) is 16.5. The molecule has 1 aliphatic rings. The molecule has 2 rings (SSSR count). The average Bonchev–Trinajstić information content (AvgIpc) is 2.54. The number of likely N-dealkylation sites (N-methyl/N-ethyl adjacent to an activating group) is 1. The van der Waals surface area contributed by atoms with Crippen molar-refractivity contribution in [3.05, 3.63) is 30.1 Å². The van der Waals surface area contributed by atoms with Gasteiger partial charge in [-0.25, -0.2) is 0 Å². The third kappa shape index (κ3) is 4.06. The largest absolute Gasteiger partial charge is 0.343 e. The van der Waals surface area contributed by atoms with Crippen LogP contribution >= 0.6 is 0 Å². The SMILES string of the molecule is CC(=O)N1CCC(C(=O)N(C)C(C)Cc2ccccn2)CC1. The van der Waals surface area contributed by atoms with Crippen LogP contribution in [0.5, 0.6) is 0 Å². The minimum atomic E-state index is 0.0341. The van der Waals surface area contributed by atoms with E-state index < -0.39 is 0 Å². The number of carbonyl (C=O) groups excluding carboxylic acids is 2. The molecule has 2 amide bonds. The van der Waals surface area contributed by atoms with Crippen LogP contribution in [0.15, 0.2) is 24.4 Å². The summed E-state index contributed by atoms with van der Waals surface area (Å²) >= 11 is 0. The van der Waals surface area contributed by atoms with Crippen LogP contribution in [0.2, 0.25) is 0 Å². The zero-order valence-electron chi connectivity index (χ0n) is 13.7. The fourth-order valence-corrected chi connectivity index (χ4v) is 2.90. The first-order valence-corrected chi connectivity index (χ1v) is 7.91. The van der Waals surface area contributed by atoms with Crippen LogP contribution < -0.4 is 0 Å². The standard InChI is InChI=1S/C17H25N3O2/c1-13(12-16-6-4-5-9-18-16)19(3)17(22)15-7-10-20(11-8-15)14(2)21/h4-6,9,13,15H,7-8,10-12H2,1-3H3. The lowest BCUT2D eigenvalue weighted by Gasteiger charge is -2.34. The van der Waals surface area contributed by atoms with Gasteiger partial charge >= 0.3 is 0 Å². The molecule has 22 heavy (non-hydrogen) atoms. The molecule has 0 aromatic carbocycles. The Balaban J connectivity index is 1.88. The predicted molar refractivity (Wildman–Crippen MR) is 85.2 cm³/mol. The first-order valence-electron chi connectivity index (χ1n) is 7.91. The van der Waals surface area contributed by atoms with Crippen LogP contribution in [0.25, 0.3) is 0 Å². The molecule has 0 aliphatic carbocycles. The lowest BCUT2D eigenvalue weighted by atomic mass is 9.94. The molecule has 2 heterocycles. The van der Waals surface area contributed by atoms with Crippen molar-refractivity contribution >= 4 is 11.8 Å². The van der Waals surface area contributed by atoms with Gasteiger partial charge in [0.15, 0.2) is 0 Å². The van der Waals surface area contributed by atoms with Gasteiger partial charge in [0.2, 0.25) is 11.8 Å². The number of amides is 2. The number of hydrogen-bond donors (Lipinski definition) is 0. The summed E-state index contributed by atoms with van der Waals surface area (Å²) in [4.78, 5) is 31.9. The Morgan fingerprint density at radius 2 is 2.05 bits per heavy atom. The molecule has 1 unspecified atom stereocenters. The summed E-state index contributed by atoms with van der Waals surface area (Å²) in [6, 6.07) is 5.97. The fraction of sp³-hybridized carbons (Fsp3) is 0.588. The predicted octanol–water partition coefficient (Wildman–Crippen LogP) is 1.73. The molecule has 1 atom stereocenters. The maximum absolute atomic E-state index is 12.6. The summed E-state index contributed by atoms with van der Waals surface area (Å²) < 4.78 is 0. The molecule has 1 aliphatic heterocycles. The summed E-state index contributed by atoms with van der Waals surface area (Å²) in [6.45, 7) is 5.02. The first-order chi connectivity index (χ1) is 10.5. The van der Waals surface area contributed by atoms with Crippen LogP contribution in [-0.2, 0) is 16.0 Å². The van der Waals surface area contributed by atoms with Crippen LogP contribution in [0.3, 0.4) is 0 Å². The monoisotopic (exact) mass is 303 g/mol. The van der Waals surface area contributed by atoms with Crippen LogP contribution in [0.1, 0.15) is 32.4 Å². The number of hydrogen-bond acceptors (Lipinski definition) is 3.